The number of aromatic nitrogens is 1. The minimum atomic E-state index is -0.340. The van der Waals surface area contributed by atoms with Crippen LogP contribution in [-0.4, -0.2) is 47.7 Å². The molecule has 0 unspecified atom stereocenters. The van der Waals surface area contributed by atoms with E-state index in [2.05, 4.69) is 35.6 Å². The van der Waals surface area contributed by atoms with Crippen molar-refractivity contribution in [1.82, 2.24) is 4.98 Å². The number of hydrogen-bond donors (Lipinski definition) is 1. The zero-order valence-electron chi connectivity index (χ0n) is 43.6. The molecule has 72 heavy (non-hydrogen) atoms. The predicted molar refractivity (Wildman–Crippen MR) is 304 cm³/mol. The average Bonchev–Trinajstić information content (AvgIpc) is 3.95. The standard InChI is InChI=1S/C60H84N2O7S3/c1-3-5-6-7-8-9-10-11-14-19-22-25-28-31-34-47-68-59(65)51-40-42-52(43-41-51)69-55(70)44-37-49-35-38-50(39-36-49)57(64)61-60-62-58-53(71-60)48-56(72-58)67-46-33-30-27-24-21-18-16-13-12-15-17-20-23-26-29-32-45-66-54(63)4-2/h4,35-36,38-43,48H,2-3,5-34,45-47H2,1H3,(H,61,62,64). The molecule has 0 fully saturated rings. The van der Waals surface area contributed by atoms with Gasteiger partial charge in [0.15, 0.2) is 10.2 Å². The van der Waals surface area contributed by atoms with E-state index in [1.165, 1.54) is 196 Å². The molecule has 0 radical (unpaired) electrons. The number of fused-ring (bicyclic) bond motifs is 1. The fourth-order valence-electron chi connectivity index (χ4n) is 8.43. The van der Waals surface area contributed by atoms with Crippen LogP contribution < -0.4 is 14.8 Å². The summed E-state index contributed by atoms with van der Waals surface area (Å²) in [7, 11) is 0. The molecular weight excluding hydrogens is 957 g/mol. The highest BCUT2D eigenvalue weighted by Gasteiger charge is 2.14. The Balaban J connectivity index is 0.978. The van der Waals surface area contributed by atoms with Crippen LogP contribution in [0, 0.1) is 11.8 Å². The maximum Gasteiger partial charge on any atom is 0.338 e. The van der Waals surface area contributed by atoms with Crippen molar-refractivity contribution < 1.29 is 33.3 Å². The molecule has 12 heteroatoms. The molecule has 0 spiro atoms. The number of nitrogens with zero attached hydrogens (tertiary/aromatic N) is 1. The van der Waals surface area contributed by atoms with Crippen molar-refractivity contribution in [2.24, 2.45) is 0 Å². The van der Waals surface area contributed by atoms with Gasteiger partial charge in [0.05, 0.1) is 30.1 Å². The number of thiocarbonyl (C=S) groups is 1. The van der Waals surface area contributed by atoms with Crippen LogP contribution in [0.1, 0.15) is 232 Å². The van der Waals surface area contributed by atoms with E-state index in [4.69, 9.17) is 31.2 Å². The van der Waals surface area contributed by atoms with Crippen LogP contribution in [0.5, 0.6) is 10.8 Å². The molecule has 394 valence electrons. The number of thiophene rings is 1. The summed E-state index contributed by atoms with van der Waals surface area (Å²) in [5.41, 5.74) is 1.64. The fourth-order valence-corrected chi connectivity index (χ4v) is 10.6. The van der Waals surface area contributed by atoms with Crippen molar-refractivity contribution in [3.8, 4) is 22.7 Å². The number of hydrogen-bond acceptors (Lipinski definition) is 11. The quantitative estimate of drug-likeness (QED) is 0.0153. The molecule has 2 aromatic heterocycles. The molecule has 4 aromatic rings. The van der Waals surface area contributed by atoms with E-state index in [0.717, 1.165) is 46.7 Å². The summed E-state index contributed by atoms with van der Waals surface area (Å²) < 4.78 is 23.3. The van der Waals surface area contributed by atoms with Gasteiger partial charge in [-0.05, 0) is 85.9 Å². The Kier molecular flexibility index (Phi) is 32.5. The minimum Gasteiger partial charge on any atom is -0.484 e. The maximum atomic E-state index is 13.0. The molecule has 0 aliphatic carbocycles. The molecule has 2 heterocycles. The van der Waals surface area contributed by atoms with Crippen LogP contribution in [-0.2, 0) is 14.3 Å². The predicted octanol–water partition coefficient (Wildman–Crippen LogP) is 17.7. The van der Waals surface area contributed by atoms with Crippen molar-refractivity contribution >= 4 is 72.4 Å². The number of amides is 1. The Bertz CT molecular complexity index is 2160. The van der Waals surface area contributed by atoms with Gasteiger partial charge in [-0.3, -0.25) is 10.1 Å². The Morgan fingerprint density at radius 2 is 1.06 bits per heavy atom. The Morgan fingerprint density at radius 1 is 0.597 bits per heavy atom. The number of rotatable bonds is 41. The molecule has 0 aliphatic heterocycles. The number of benzene rings is 2. The second kappa shape index (κ2) is 39.0. The third-order valence-corrected chi connectivity index (χ3v) is 14.9. The third kappa shape index (κ3) is 27.5. The van der Waals surface area contributed by atoms with Gasteiger partial charge in [0.2, 0.25) is 5.05 Å². The van der Waals surface area contributed by atoms with Gasteiger partial charge in [0.1, 0.15) is 10.6 Å². The first kappa shape index (κ1) is 60.0. The lowest BCUT2D eigenvalue weighted by Crippen LogP contribution is -2.11. The lowest BCUT2D eigenvalue weighted by atomic mass is 10.0. The van der Waals surface area contributed by atoms with Crippen molar-refractivity contribution in [2.75, 3.05) is 25.1 Å². The molecular formula is C60H84N2O7S3. The van der Waals surface area contributed by atoms with Crippen molar-refractivity contribution in [3.05, 3.63) is 83.9 Å². The highest BCUT2D eigenvalue weighted by atomic mass is 32.1. The van der Waals surface area contributed by atoms with Crippen molar-refractivity contribution in [3.63, 3.8) is 0 Å². The Labute approximate surface area is 446 Å². The number of thiazole rings is 1. The second-order valence-corrected chi connectivity index (χ2v) is 21.3. The Morgan fingerprint density at radius 3 is 1.54 bits per heavy atom. The first-order valence-corrected chi connectivity index (χ1v) is 29.6. The Hall–Kier alpha value is -4.57. The molecule has 1 N–H and O–H groups in total. The summed E-state index contributed by atoms with van der Waals surface area (Å²) in [4.78, 5) is 42.1. The summed E-state index contributed by atoms with van der Waals surface area (Å²) >= 11 is 8.29. The average molecular weight is 1040 g/mol. The van der Waals surface area contributed by atoms with E-state index in [1.807, 2.05) is 6.07 Å². The van der Waals surface area contributed by atoms with Gasteiger partial charge in [-0.15, -0.1) is 0 Å². The molecule has 0 aliphatic rings. The maximum absolute atomic E-state index is 13.0. The van der Waals surface area contributed by atoms with E-state index in [1.54, 1.807) is 48.5 Å². The first-order chi connectivity index (χ1) is 35.3. The topological polar surface area (TPSA) is 113 Å². The summed E-state index contributed by atoms with van der Waals surface area (Å²) in [5.74, 6) is 5.41. The van der Waals surface area contributed by atoms with Gasteiger partial charge in [0.25, 0.3) is 5.91 Å². The molecule has 4 rings (SSSR count). The number of ether oxygens (including phenoxy) is 4. The molecule has 2 aromatic carbocycles. The van der Waals surface area contributed by atoms with Crippen molar-refractivity contribution in [1.29, 1.82) is 0 Å². The second-order valence-electron chi connectivity index (χ2n) is 18.9. The molecule has 0 saturated heterocycles. The van der Waals surface area contributed by atoms with E-state index >= 15 is 0 Å². The van der Waals surface area contributed by atoms with Crippen LogP contribution in [0.15, 0.2) is 67.3 Å². The van der Waals surface area contributed by atoms with Crippen LogP contribution >= 0.6 is 34.9 Å². The highest BCUT2D eigenvalue weighted by molar-refractivity contribution is 7.80. The fraction of sp³-hybridized carbons (Fsp3) is 0.583. The summed E-state index contributed by atoms with van der Waals surface area (Å²) in [6.45, 7) is 7.32. The minimum absolute atomic E-state index is 0.0934. The van der Waals surface area contributed by atoms with Crippen molar-refractivity contribution in [2.45, 2.75) is 206 Å². The largest absolute Gasteiger partial charge is 0.484 e. The monoisotopic (exact) mass is 1040 g/mol. The number of unbranched alkanes of at least 4 members (excludes halogenated alkanes) is 29. The first-order valence-electron chi connectivity index (χ1n) is 27.6. The smallest absolute Gasteiger partial charge is 0.338 e. The number of esters is 2. The molecule has 9 nitrogen and oxygen atoms in total. The van der Waals surface area contributed by atoms with Gasteiger partial charge in [-0.1, -0.05) is 222 Å². The lowest BCUT2D eigenvalue weighted by molar-refractivity contribution is -0.137. The highest BCUT2D eigenvalue weighted by Crippen LogP contribution is 2.37. The normalized spacial score (nSPS) is 11.0. The molecule has 0 saturated carbocycles. The molecule has 1 amide bonds. The van der Waals surface area contributed by atoms with Gasteiger partial charge >= 0.3 is 11.9 Å². The van der Waals surface area contributed by atoms with E-state index in [0.29, 0.717) is 47.4 Å². The van der Waals surface area contributed by atoms with Gasteiger partial charge < -0.3 is 18.9 Å². The number of anilines is 1. The zero-order chi connectivity index (χ0) is 51.1. The number of carbonyl (C=O) groups excluding carboxylic acids is 3. The third-order valence-electron chi connectivity index (χ3n) is 12.7. The number of nitrogens with one attached hydrogen (secondary N) is 1. The summed E-state index contributed by atoms with van der Waals surface area (Å²) in [6.07, 6.45) is 40.7. The zero-order valence-corrected chi connectivity index (χ0v) is 46.0. The SMILES string of the molecule is C=CC(=O)OCCCCCCCCCCCCCCCCCCOc1cc2sc(NC(=O)c3ccc(C#CC(=S)Oc4ccc(C(=O)OCCCCCCCCCCCCCCCCC)cc4)cc3)nc2s1. The van der Waals surface area contributed by atoms with E-state index in [9.17, 15) is 14.4 Å². The van der Waals surface area contributed by atoms with Gasteiger partial charge in [-0.2, -0.15) is 0 Å². The van der Waals surface area contributed by atoms with E-state index in [-0.39, 0.29) is 22.9 Å². The summed E-state index contributed by atoms with van der Waals surface area (Å²) in [6, 6.07) is 15.7. The lowest BCUT2D eigenvalue weighted by Gasteiger charge is -2.06. The van der Waals surface area contributed by atoms with Crippen LogP contribution in [0.3, 0.4) is 0 Å². The molecule has 0 atom stereocenters. The molecule has 0 bridgehead atoms. The van der Waals surface area contributed by atoms with Gasteiger partial charge in [-0.25, -0.2) is 14.6 Å². The van der Waals surface area contributed by atoms with Gasteiger partial charge in [0, 0.05) is 23.3 Å². The number of carbonyl (C=O) groups is 3. The summed E-state index contributed by atoms with van der Waals surface area (Å²) in [5, 5.41) is 4.42. The van der Waals surface area contributed by atoms with Crippen LogP contribution in [0.2, 0.25) is 0 Å². The van der Waals surface area contributed by atoms with Crippen LogP contribution in [0.4, 0.5) is 5.13 Å². The van der Waals surface area contributed by atoms with Crippen LogP contribution in [0.25, 0.3) is 9.53 Å². The van der Waals surface area contributed by atoms with E-state index < -0.39 is 0 Å².